The zero-order valence-corrected chi connectivity index (χ0v) is 16.0. The van der Waals surface area contributed by atoms with Crippen molar-refractivity contribution in [1.29, 1.82) is 0 Å². The van der Waals surface area contributed by atoms with Gasteiger partial charge in [0.15, 0.2) is 23.4 Å². The number of nitrogens with one attached hydrogen (secondary N) is 2. The summed E-state index contributed by atoms with van der Waals surface area (Å²) in [6.07, 6.45) is -5.65. The number of amides is 2. The summed E-state index contributed by atoms with van der Waals surface area (Å²) in [4.78, 5) is 24.2. The molecule has 0 bridgehead atoms. The van der Waals surface area contributed by atoms with Crippen LogP contribution in [0, 0.1) is 5.82 Å². The lowest BCUT2D eigenvalue weighted by Gasteiger charge is -2.15. The van der Waals surface area contributed by atoms with Crippen LogP contribution in [0.5, 0.6) is 5.75 Å². The minimum atomic E-state index is -4.52. The van der Waals surface area contributed by atoms with Gasteiger partial charge in [0, 0.05) is 5.56 Å². The number of alkyl halides is 3. The molecule has 3 aromatic rings. The number of furan rings is 1. The largest absolute Gasteiger partial charge is 0.478 e. The number of carbonyl (C=O) groups excluding carboxylic acids is 2. The second-order valence-corrected chi connectivity index (χ2v) is 6.38. The van der Waals surface area contributed by atoms with Crippen LogP contribution in [0.1, 0.15) is 23.0 Å². The van der Waals surface area contributed by atoms with E-state index in [1.54, 1.807) is 0 Å². The van der Waals surface area contributed by atoms with Crippen LogP contribution in [-0.2, 0) is 11.0 Å². The normalized spacial score (nSPS) is 12.2. The van der Waals surface area contributed by atoms with Crippen LogP contribution >= 0.6 is 0 Å². The Balaban J connectivity index is 1.60. The predicted octanol–water partition coefficient (Wildman–Crippen LogP) is 4.33. The first kappa shape index (κ1) is 21.9. The molecule has 2 N–H and O–H groups in total. The summed E-state index contributed by atoms with van der Waals surface area (Å²) in [6.45, 7) is 1.35. The molecule has 1 heterocycles. The SMILES string of the molecule is CC(Oc1ccccc1F)C(=O)NNC(=O)c1ccc(-c2cccc(C(F)(F)F)c2)o1. The molecule has 1 unspecified atom stereocenters. The molecular formula is C21H16F4N2O4. The summed E-state index contributed by atoms with van der Waals surface area (Å²) in [7, 11) is 0. The van der Waals surface area contributed by atoms with Crippen LogP contribution in [0.4, 0.5) is 17.6 Å². The van der Waals surface area contributed by atoms with Crippen molar-refractivity contribution in [2.24, 2.45) is 0 Å². The maximum absolute atomic E-state index is 13.6. The highest BCUT2D eigenvalue weighted by Crippen LogP contribution is 2.32. The van der Waals surface area contributed by atoms with Crippen LogP contribution in [0.2, 0.25) is 0 Å². The van der Waals surface area contributed by atoms with E-state index in [0.29, 0.717) is 0 Å². The lowest BCUT2D eigenvalue weighted by atomic mass is 10.1. The molecule has 0 aliphatic heterocycles. The second kappa shape index (κ2) is 8.90. The van der Waals surface area contributed by atoms with Gasteiger partial charge in [0.25, 0.3) is 5.91 Å². The van der Waals surface area contributed by atoms with E-state index in [4.69, 9.17) is 9.15 Å². The Hall–Kier alpha value is -3.82. The van der Waals surface area contributed by atoms with Gasteiger partial charge in [-0.1, -0.05) is 24.3 Å². The maximum Gasteiger partial charge on any atom is 0.416 e. The molecular weight excluding hydrogens is 420 g/mol. The number of hydrazine groups is 1. The van der Waals surface area contributed by atoms with Crippen LogP contribution in [0.3, 0.4) is 0 Å². The lowest BCUT2D eigenvalue weighted by Crippen LogP contribution is -2.47. The molecule has 0 spiro atoms. The molecule has 2 aromatic carbocycles. The van der Waals surface area contributed by atoms with Crippen molar-refractivity contribution in [3.63, 3.8) is 0 Å². The summed E-state index contributed by atoms with van der Waals surface area (Å²) in [6, 6.07) is 12.5. The van der Waals surface area contributed by atoms with E-state index in [1.165, 1.54) is 55.5 Å². The smallest absolute Gasteiger partial charge is 0.416 e. The van der Waals surface area contributed by atoms with Crippen LogP contribution < -0.4 is 15.6 Å². The first-order valence-corrected chi connectivity index (χ1v) is 8.94. The fourth-order valence-electron chi connectivity index (χ4n) is 2.53. The van der Waals surface area contributed by atoms with E-state index in [-0.39, 0.29) is 22.8 Å². The standard InChI is InChI=1S/C21H16F4N2O4/c1-12(30-17-8-3-2-7-15(17)22)19(28)26-27-20(29)18-10-9-16(31-18)13-5-4-6-14(11-13)21(23,24)25/h2-12H,1H3,(H,26,28)(H,27,29). The molecule has 10 heteroatoms. The van der Waals surface area contributed by atoms with E-state index in [2.05, 4.69) is 10.9 Å². The Morgan fingerprint density at radius 3 is 2.45 bits per heavy atom. The van der Waals surface area contributed by atoms with E-state index in [9.17, 15) is 27.2 Å². The van der Waals surface area contributed by atoms with Crippen molar-refractivity contribution < 1.29 is 36.3 Å². The number of rotatable bonds is 5. The highest BCUT2D eigenvalue weighted by Gasteiger charge is 2.30. The van der Waals surface area contributed by atoms with Crippen molar-refractivity contribution >= 4 is 11.8 Å². The van der Waals surface area contributed by atoms with Crippen molar-refractivity contribution in [2.75, 3.05) is 0 Å². The number of benzene rings is 2. The summed E-state index contributed by atoms with van der Waals surface area (Å²) >= 11 is 0. The van der Waals surface area contributed by atoms with Gasteiger partial charge in [0.2, 0.25) is 0 Å². The predicted molar refractivity (Wildman–Crippen MR) is 101 cm³/mol. The molecule has 0 saturated carbocycles. The van der Waals surface area contributed by atoms with Gasteiger partial charge >= 0.3 is 12.1 Å². The van der Waals surface area contributed by atoms with Gasteiger partial charge in [0.05, 0.1) is 5.56 Å². The molecule has 0 saturated heterocycles. The zero-order valence-electron chi connectivity index (χ0n) is 16.0. The molecule has 31 heavy (non-hydrogen) atoms. The first-order valence-electron chi connectivity index (χ1n) is 8.94. The Kier molecular flexibility index (Phi) is 6.28. The fraction of sp³-hybridized carbons (Fsp3) is 0.143. The fourth-order valence-corrected chi connectivity index (χ4v) is 2.53. The number of ether oxygens (including phenoxy) is 1. The molecule has 0 aliphatic carbocycles. The zero-order chi connectivity index (χ0) is 22.6. The highest BCUT2D eigenvalue weighted by atomic mass is 19.4. The minimum absolute atomic E-state index is 0.0406. The van der Waals surface area contributed by atoms with Crippen LogP contribution in [0.25, 0.3) is 11.3 Å². The first-order chi connectivity index (χ1) is 14.6. The molecule has 6 nitrogen and oxygen atoms in total. The van der Waals surface area contributed by atoms with E-state index in [1.807, 2.05) is 0 Å². The van der Waals surface area contributed by atoms with Crippen LogP contribution in [0.15, 0.2) is 65.1 Å². The molecule has 162 valence electrons. The summed E-state index contributed by atoms with van der Waals surface area (Å²) in [5.74, 6) is -2.59. The van der Waals surface area contributed by atoms with Gasteiger partial charge < -0.3 is 9.15 Å². The van der Waals surface area contributed by atoms with Crippen molar-refractivity contribution in [2.45, 2.75) is 19.2 Å². The summed E-state index contributed by atoms with van der Waals surface area (Å²) in [5, 5.41) is 0. The third-order valence-electron chi connectivity index (χ3n) is 4.11. The third kappa shape index (κ3) is 5.41. The molecule has 0 aliphatic rings. The Labute approximate surface area is 173 Å². The average Bonchev–Trinajstić information content (AvgIpc) is 3.23. The number of carbonyl (C=O) groups is 2. The molecule has 2 amide bonds. The summed E-state index contributed by atoms with van der Waals surface area (Å²) < 4.78 is 62.6. The molecule has 1 aromatic heterocycles. The van der Waals surface area contributed by atoms with E-state index < -0.39 is 35.5 Å². The molecule has 1 atom stereocenters. The van der Waals surface area contributed by atoms with Gasteiger partial charge in [-0.15, -0.1) is 0 Å². The average molecular weight is 436 g/mol. The van der Waals surface area contributed by atoms with E-state index >= 15 is 0 Å². The van der Waals surface area contributed by atoms with Crippen LogP contribution in [-0.4, -0.2) is 17.9 Å². The molecule has 3 rings (SSSR count). The quantitative estimate of drug-likeness (QED) is 0.461. The monoisotopic (exact) mass is 436 g/mol. The van der Waals surface area contributed by atoms with Crippen molar-refractivity contribution in [3.8, 4) is 17.1 Å². The number of para-hydroxylation sites is 1. The van der Waals surface area contributed by atoms with Crippen molar-refractivity contribution in [3.05, 3.63) is 77.8 Å². The molecule has 0 radical (unpaired) electrons. The number of hydrogen-bond acceptors (Lipinski definition) is 4. The topological polar surface area (TPSA) is 80.6 Å². The minimum Gasteiger partial charge on any atom is -0.478 e. The molecule has 0 fully saturated rings. The third-order valence-corrected chi connectivity index (χ3v) is 4.11. The van der Waals surface area contributed by atoms with Gasteiger partial charge in [-0.2, -0.15) is 13.2 Å². The Morgan fingerprint density at radius 1 is 1.00 bits per heavy atom. The van der Waals surface area contributed by atoms with Gasteiger partial charge in [0.1, 0.15) is 5.76 Å². The lowest BCUT2D eigenvalue weighted by molar-refractivity contribution is -0.137. The van der Waals surface area contributed by atoms with Gasteiger partial charge in [-0.05, 0) is 43.3 Å². The van der Waals surface area contributed by atoms with Gasteiger partial charge in [-0.3, -0.25) is 20.4 Å². The highest BCUT2D eigenvalue weighted by molar-refractivity contribution is 5.94. The number of hydrogen-bond donors (Lipinski definition) is 2. The Morgan fingerprint density at radius 2 is 1.74 bits per heavy atom. The Bertz CT molecular complexity index is 1090. The maximum atomic E-state index is 13.6. The van der Waals surface area contributed by atoms with Crippen molar-refractivity contribution in [1.82, 2.24) is 10.9 Å². The van der Waals surface area contributed by atoms with E-state index in [0.717, 1.165) is 12.1 Å². The van der Waals surface area contributed by atoms with Gasteiger partial charge in [-0.25, -0.2) is 4.39 Å². The number of halogens is 4. The summed E-state index contributed by atoms with van der Waals surface area (Å²) in [5.41, 5.74) is 3.47. The second-order valence-electron chi connectivity index (χ2n) is 6.38.